The van der Waals surface area contributed by atoms with Gasteiger partial charge in [-0.2, -0.15) is 0 Å². The molecule has 0 atom stereocenters. The van der Waals surface area contributed by atoms with Crippen LogP contribution in [0.3, 0.4) is 0 Å². The summed E-state index contributed by atoms with van der Waals surface area (Å²) < 4.78 is 20.9. The summed E-state index contributed by atoms with van der Waals surface area (Å²) in [5.41, 5.74) is 1.23. The minimum atomic E-state index is -0.388. The first-order valence-electron chi connectivity index (χ1n) is 9.51. The van der Waals surface area contributed by atoms with E-state index in [1.165, 1.54) is 27.5 Å². The van der Waals surface area contributed by atoms with E-state index in [1.807, 2.05) is 0 Å². The molecule has 1 heterocycles. The van der Waals surface area contributed by atoms with Crippen LogP contribution in [0.1, 0.15) is 20.7 Å². The number of nitrogens with zero attached hydrogens (tertiary/aromatic N) is 1. The first-order chi connectivity index (χ1) is 15.5. The van der Waals surface area contributed by atoms with Crippen LogP contribution in [-0.2, 0) is 0 Å². The van der Waals surface area contributed by atoms with E-state index in [1.54, 1.807) is 55.6 Å². The van der Waals surface area contributed by atoms with E-state index in [0.29, 0.717) is 45.6 Å². The lowest BCUT2D eigenvalue weighted by Gasteiger charge is -2.14. The van der Waals surface area contributed by atoms with Gasteiger partial charge in [0, 0.05) is 11.1 Å². The van der Waals surface area contributed by atoms with Gasteiger partial charge in [0.25, 0.3) is 11.8 Å². The Morgan fingerprint density at radius 1 is 0.727 bits per heavy atom. The molecule has 174 valence electrons. The summed E-state index contributed by atoms with van der Waals surface area (Å²) in [4.78, 5) is 29.2. The first-order valence-corrected chi connectivity index (χ1v) is 9.51. The van der Waals surface area contributed by atoms with Gasteiger partial charge in [0.2, 0.25) is 5.75 Å². The number of amides is 2. The van der Waals surface area contributed by atoms with Gasteiger partial charge in [-0.1, -0.05) is 0 Å². The van der Waals surface area contributed by atoms with Gasteiger partial charge in [0.15, 0.2) is 11.5 Å². The van der Waals surface area contributed by atoms with Crippen molar-refractivity contribution in [3.63, 3.8) is 0 Å². The van der Waals surface area contributed by atoms with Crippen LogP contribution in [0, 0.1) is 0 Å². The van der Waals surface area contributed by atoms with E-state index in [0.717, 1.165) is 0 Å². The third-order valence-corrected chi connectivity index (χ3v) is 4.54. The quantitative estimate of drug-likeness (QED) is 0.495. The number of anilines is 2. The molecule has 0 saturated heterocycles. The molecule has 0 bridgehead atoms. The van der Waals surface area contributed by atoms with Crippen molar-refractivity contribution in [1.29, 1.82) is 0 Å². The summed E-state index contributed by atoms with van der Waals surface area (Å²) in [6, 6.07) is 13.0. The highest BCUT2D eigenvalue weighted by Gasteiger charge is 2.17. The van der Waals surface area contributed by atoms with E-state index in [2.05, 4.69) is 15.6 Å². The lowest BCUT2D eigenvalue weighted by molar-refractivity contribution is -0.0000226. The summed E-state index contributed by atoms with van der Waals surface area (Å²) in [5.74, 6) is 1.43. The maximum absolute atomic E-state index is 12.7. The minimum Gasteiger partial charge on any atom is -1.00 e. The Labute approximate surface area is 197 Å². The van der Waals surface area contributed by atoms with Crippen molar-refractivity contribution in [1.82, 2.24) is 4.98 Å². The minimum absolute atomic E-state index is 0. The number of aromatic nitrogens is 1. The normalized spacial score (nSPS) is 9.82. The molecule has 0 aliphatic rings. The third-order valence-electron chi connectivity index (χ3n) is 4.54. The van der Waals surface area contributed by atoms with Gasteiger partial charge >= 0.3 is 0 Å². The zero-order chi connectivity index (χ0) is 23.1. The van der Waals surface area contributed by atoms with Crippen molar-refractivity contribution in [3.8, 4) is 23.0 Å². The molecule has 1 aromatic heterocycles. The third kappa shape index (κ3) is 6.05. The van der Waals surface area contributed by atoms with E-state index in [9.17, 15) is 9.59 Å². The van der Waals surface area contributed by atoms with E-state index in [-0.39, 0.29) is 24.2 Å². The summed E-state index contributed by atoms with van der Waals surface area (Å²) >= 11 is 0. The Bertz CT molecular complexity index is 1080. The number of ether oxygens (including phenoxy) is 4. The van der Waals surface area contributed by atoms with E-state index in [4.69, 9.17) is 18.9 Å². The van der Waals surface area contributed by atoms with Crippen LogP contribution in [0.25, 0.3) is 0 Å². The van der Waals surface area contributed by atoms with Crippen LogP contribution in [0.4, 0.5) is 11.5 Å². The maximum atomic E-state index is 12.7. The van der Waals surface area contributed by atoms with Gasteiger partial charge in [0.05, 0.1) is 40.3 Å². The number of nitrogens with one attached hydrogen (secondary N) is 2. The van der Waals surface area contributed by atoms with Crippen LogP contribution >= 0.6 is 0 Å². The van der Waals surface area contributed by atoms with Crippen molar-refractivity contribution in [2.24, 2.45) is 0 Å². The number of rotatable bonds is 8. The van der Waals surface area contributed by atoms with Gasteiger partial charge in [-0.3, -0.25) is 9.59 Å². The summed E-state index contributed by atoms with van der Waals surface area (Å²) in [7, 11) is 5.99. The molecule has 2 amide bonds. The second-order valence-electron chi connectivity index (χ2n) is 6.48. The number of halogens is 1. The average Bonchev–Trinajstić information content (AvgIpc) is 2.84. The lowest BCUT2D eigenvalue weighted by Crippen LogP contribution is -3.00. The Hall–Kier alpha value is -3.98. The molecule has 2 aromatic carbocycles. The zero-order valence-electron chi connectivity index (χ0n) is 18.5. The maximum Gasteiger partial charge on any atom is 0.256 e. The molecule has 9 nitrogen and oxygen atoms in total. The predicted octanol–water partition coefficient (Wildman–Crippen LogP) is 0.625. The Kier molecular flexibility index (Phi) is 8.88. The first kappa shape index (κ1) is 25.3. The van der Waals surface area contributed by atoms with E-state index < -0.39 is 0 Å². The lowest BCUT2D eigenvalue weighted by atomic mass is 10.1. The van der Waals surface area contributed by atoms with E-state index >= 15 is 0 Å². The molecule has 0 saturated carbocycles. The summed E-state index contributed by atoms with van der Waals surface area (Å²) in [5, 5.41) is 5.44. The molecule has 2 N–H and O–H groups in total. The standard InChI is InChI=1S/C23H23N3O6.ClH/c1-29-17-8-5-14(6-9-17)22(27)26-20-10-7-16(13-24-20)25-23(28)15-11-18(30-2)21(32-4)19(12-15)31-3;/h5-13H,1-4H3,(H,25,28)(H,24,26,27);1H/p-1. The Morgan fingerprint density at radius 3 is 1.82 bits per heavy atom. The molecular formula is C23H23ClN3O6-. The van der Waals surface area contributed by atoms with Crippen molar-refractivity contribution in [2.75, 3.05) is 39.1 Å². The molecule has 0 radical (unpaired) electrons. The number of hydrogen-bond donors (Lipinski definition) is 2. The number of methoxy groups -OCH3 is 4. The predicted molar refractivity (Wildman–Crippen MR) is 119 cm³/mol. The topological polar surface area (TPSA) is 108 Å². The fraction of sp³-hybridized carbons (Fsp3) is 0.174. The van der Waals surface area contributed by atoms with Crippen molar-refractivity contribution >= 4 is 23.3 Å². The number of pyridine rings is 1. The number of benzene rings is 2. The number of carbonyl (C=O) groups excluding carboxylic acids is 2. The highest BCUT2D eigenvalue weighted by molar-refractivity contribution is 6.05. The molecule has 3 rings (SSSR count). The van der Waals surface area contributed by atoms with Gasteiger partial charge in [-0.15, -0.1) is 0 Å². The second-order valence-corrected chi connectivity index (χ2v) is 6.48. The van der Waals surface area contributed by atoms with Crippen molar-refractivity contribution in [2.45, 2.75) is 0 Å². The fourth-order valence-electron chi connectivity index (χ4n) is 2.89. The Balaban J connectivity index is 0.00000385. The fourth-order valence-corrected chi connectivity index (χ4v) is 2.89. The van der Waals surface area contributed by atoms with Crippen LogP contribution in [0.5, 0.6) is 23.0 Å². The summed E-state index contributed by atoms with van der Waals surface area (Å²) in [6.07, 6.45) is 1.44. The van der Waals surface area contributed by atoms with Crippen LogP contribution < -0.4 is 42.0 Å². The van der Waals surface area contributed by atoms with Crippen LogP contribution in [0.2, 0.25) is 0 Å². The number of hydrogen-bond acceptors (Lipinski definition) is 7. The highest BCUT2D eigenvalue weighted by Crippen LogP contribution is 2.38. The van der Waals surface area contributed by atoms with Gasteiger partial charge in [0.1, 0.15) is 11.6 Å². The average molecular weight is 473 g/mol. The monoisotopic (exact) mass is 472 g/mol. The molecular weight excluding hydrogens is 450 g/mol. The zero-order valence-corrected chi connectivity index (χ0v) is 19.2. The molecule has 3 aromatic rings. The highest BCUT2D eigenvalue weighted by atomic mass is 35.5. The summed E-state index contributed by atoms with van der Waals surface area (Å²) in [6.45, 7) is 0. The SMILES string of the molecule is COc1ccc(C(=O)Nc2ccc(NC(=O)c3cc(OC)c(OC)c(OC)c3)cn2)cc1.[Cl-]. The van der Waals surface area contributed by atoms with Crippen LogP contribution in [0.15, 0.2) is 54.7 Å². The Morgan fingerprint density at radius 2 is 1.33 bits per heavy atom. The van der Waals surface area contributed by atoms with Gasteiger partial charge in [-0.05, 0) is 48.5 Å². The van der Waals surface area contributed by atoms with Crippen LogP contribution in [-0.4, -0.2) is 45.2 Å². The second kappa shape index (κ2) is 11.6. The van der Waals surface area contributed by atoms with Gasteiger partial charge < -0.3 is 42.0 Å². The van der Waals surface area contributed by atoms with Crippen molar-refractivity contribution < 1.29 is 40.9 Å². The molecule has 0 aliphatic carbocycles. The largest absolute Gasteiger partial charge is 1.00 e. The molecule has 0 spiro atoms. The number of carbonyl (C=O) groups is 2. The molecule has 33 heavy (non-hydrogen) atoms. The smallest absolute Gasteiger partial charge is 0.256 e. The molecule has 0 aliphatic heterocycles. The van der Waals surface area contributed by atoms with Crippen molar-refractivity contribution in [3.05, 3.63) is 65.9 Å². The molecule has 0 unspecified atom stereocenters. The molecule has 10 heteroatoms. The molecule has 0 fully saturated rings. The van der Waals surface area contributed by atoms with Gasteiger partial charge in [-0.25, -0.2) is 4.98 Å².